The molecule has 84 valence electrons. The molecule has 0 bridgehead atoms. The quantitative estimate of drug-likeness (QED) is 0.833. The molecule has 1 heterocycles. The molecule has 2 N–H and O–H groups in total. The molecular weight excluding hydrogens is 234 g/mol. The van der Waals surface area contributed by atoms with Crippen molar-refractivity contribution >= 4 is 23.1 Å². The van der Waals surface area contributed by atoms with E-state index in [0.29, 0.717) is 0 Å². The normalized spacial score (nSPS) is 12.6. The first-order chi connectivity index (χ1) is 7.75. The van der Waals surface area contributed by atoms with Gasteiger partial charge in [-0.25, -0.2) is 0 Å². The summed E-state index contributed by atoms with van der Waals surface area (Å²) in [4.78, 5) is 2.55. The highest BCUT2D eigenvalue weighted by Gasteiger charge is 2.07. The molecule has 0 aliphatic rings. The average Bonchev–Trinajstić information content (AvgIpc) is 2.81. The molecule has 2 aromatic rings. The third-order valence-corrected chi connectivity index (χ3v) is 4.49. The Morgan fingerprint density at radius 3 is 2.62 bits per heavy atom. The molecule has 3 heteroatoms. The molecule has 0 radical (unpaired) electrons. The molecule has 0 saturated heterocycles. The summed E-state index contributed by atoms with van der Waals surface area (Å²) >= 11 is 3.55. The van der Waals surface area contributed by atoms with Gasteiger partial charge in [0.05, 0.1) is 0 Å². The van der Waals surface area contributed by atoms with Gasteiger partial charge in [0, 0.05) is 21.6 Å². The molecule has 16 heavy (non-hydrogen) atoms. The molecule has 0 aliphatic heterocycles. The van der Waals surface area contributed by atoms with Crippen molar-refractivity contribution < 1.29 is 0 Å². The number of thioether (sulfide) groups is 1. The van der Waals surface area contributed by atoms with Crippen molar-refractivity contribution in [2.45, 2.75) is 17.9 Å². The third kappa shape index (κ3) is 3.11. The second-order valence-corrected chi connectivity index (χ2v) is 5.82. The topological polar surface area (TPSA) is 26.0 Å². The predicted molar refractivity (Wildman–Crippen MR) is 73.2 cm³/mol. The molecule has 1 unspecified atom stereocenters. The summed E-state index contributed by atoms with van der Waals surface area (Å²) in [6.45, 7) is 2.10. The van der Waals surface area contributed by atoms with Crippen LogP contribution in [0.15, 0.2) is 46.7 Å². The molecule has 0 fully saturated rings. The summed E-state index contributed by atoms with van der Waals surface area (Å²) in [6, 6.07) is 12.9. The van der Waals surface area contributed by atoms with Crippen molar-refractivity contribution in [2.24, 2.45) is 5.73 Å². The van der Waals surface area contributed by atoms with E-state index < -0.39 is 0 Å². The lowest BCUT2D eigenvalue weighted by Gasteiger charge is -2.09. The van der Waals surface area contributed by atoms with Crippen LogP contribution in [0.3, 0.4) is 0 Å². The Balaban J connectivity index is 1.90. The van der Waals surface area contributed by atoms with Gasteiger partial charge in [-0.15, -0.1) is 23.1 Å². The lowest BCUT2D eigenvalue weighted by Crippen LogP contribution is -2.10. The lowest BCUT2D eigenvalue weighted by molar-refractivity contribution is 0.852. The van der Waals surface area contributed by atoms with Crippen molar-refractivity contribution in [3.8, 4) is 0 Å². The number of thiophene rings is 1. The second kappa shape index (κ2) is 5.53. The van der Waals surface area contributed by atoms with Crippen LogP contribution in [0.4, 0.5) is 0 Å². The Bertz CT molecular complexity index is 420. The molecule has 1 atom stereocenters. The first-order valence-corrected chi connectivity index (χ1v) is 7.10. The largest absolute Gasteiger partial charge is 0.323 e. The van der Waals surface area contributed by atoms with Gasteiger partial charge in [0.2, 0.25) is 0 Å². The van der Waals surface area contributed by atoms with Gasteiger partial charge < -0.3 is 5.73 Å². The SMILES string of the molecule is Cc1ccc(SCC(N)c2cccs2)cc1. The fourth-order valence-electron chi connectivity index (χ4n) is 1.40. The summed E-state index contributed by atoms with van der Waals surface area (Å²) < 4.78 is 0. The molecule has 0 amide bonds. The maximum atomic E-state index is 6.11. The van der Waals surface area contributed by atoms with E-state index >= 15 is 0 Å². The fourth-order valence-corrected chi connectivity index (χ4v) is 3.12. The zero-order valence-electron chi connectivity index (χ0n) is 9.22. The minimum atomic E-state index is 0.145. The fraction of sp³-hybridized carbons (Fsp3) is 0.231. The number of benzene rings is 1. The second-order valence-electron chi connectivity index (χ2n) is 3.75. The van der Waals surface area contributed by atoms with Crippen molar-refractivity contribution in [1.29, 1.82) is 0 Å². The van der Waals surface area contributed by atoms with Crippen LogP contribution in [0.5, 0.6) is 0 Å². The summed E-state index contributed by atoms with van der Waals surface area (Å²) in [5.74, 6) is 0.934. The number of hydrogen-bond acceptors (Lipinski definition) is 3. The van der Waals surface area contributed by atoms with Crippen LogP contribution in [0.2, 0.25) is 0 Å². The Morgan fingerprint density at radius 2 is 2.00 bits per heavy atom. The van der Waals surface area contributed by atoms with E-state index in [4.69, 9.17) is 5.73 Å². The molecular formula is C13H15NS2. The molecule has 1 nitrogen and oxygen atoms in total. The smallest absolute Gasteiger partial charge is 0.0485 e. The Morgan fingerprint density at radius 1 is 1.25 bits per heavy atom. The van der Waals surface area contributed by atoms with Gasteiger partial charge in [0.25, 0.3) is 0 Å². The van der Waals surface area contributed by atoms with Gasteiger partial charge in [-0.1, -0.05) is 23.8 Å². The van der Waals surface area contributed by atoms with E-state index in [-0.39, 0.29) is 6.04 Å². The number of nitrogens with two attached hydrogens (primary N) is 1. The van der Waals surface area contributed by atoms with Crippen LogP contribution in [-0.2, 0) is 0 Å². The summed E-state index contributed by atoms with van der Waals surface area (Å²) in [5, 5.41) is 2.08. The Labute approximate surface area is 105 Å². The van der Waals surface area contributed by atoms with E-state index in [2.05, 4.69) is 48.7 Å². The van der Waals surface area contributed by atoms with Crippen LogP contribution >= 0.6 is 23.1 Å². The van der Waals surface area contributed by atoms with Crippen molar-refractivity contribution in [3.63, 3.8) is 0 Å². The van der Waals surface area contributed by atoms with Gasteiger partial charge in [-0.2, -0.15) is 0 Å². The van der Waals surface area contributed by atoms with Crippen LogP contribution in [-0.4, -0.2) is 5.75 Å². The molecule has 0 aliphatic carbocycles. The summed E-state index contributed by atoms with van der Waals surface area (Å²) in [6.07, 6.45) is 0. The first kappa shape index (κ1) is 11.7. The summed E-state index contributed by atoms with van der Waals surface area (Å²) in [7, 11) is 0. The number of hydrogen-bond donors (Lipinski definition) is 1. The minimum absolute atomic E-state index is 0.145. The van der Waals surface area contributed by atoms with Crippen molar-refractivity contribution in [3.05, 3.63) is 52.2 Å². The number of aryl methyl sites for hydroxylation is 1. The lowest BCUT2D eigenvalue weighted by atomic mass is 10.2. The van der Waals surface area contributed by atoms with E-state index in [9.17, 15) is 0 Å². The zero-order chi connectivity index (χ0) is 11.4. The zero-order valence-corrected chi connectivity index (χ0v) is 10.9. The maximum Gasteiger partial charge on any atom is 0.0485 e. The van der Waals surface area contributed by atoms with Crippen LogP contribution in [0.25, 0.3) is 0 Å². The minimum Gasteiger partial charge on any atom is -0.323 e. The van der Waals surface area contributed by atoms with Crippen LogP contribution < -0.4 is 5.73 Å². The molecule has 0 saturated carbocycles. The Kier molecular flexibility index (Phi) is 4.04. The van der Waals surface area contributed by atoms with Gasteiger partial charge >= 0.3 is 0 Å². The van der Waals surface area contributed by atoms with Gasteiger partial charge in [-0.3, -0.25) is 0 Å². The predicted octanol–water partition coefficient (Wildman–Crippen LogP) is 3.85. The van der Waals surface area contributed by atoms with Crippen LogP contribution in [0, 0.1) is 6.92 Å². The summed E-state index contributed by atoms with van der Waals surface area (Å²) in [5.41, 5.74) is 7.40. The van der Waals surface area contributed by atoms with Crippen molar-refractivity contribution in [1.82, 2.24) is 0 Å². The molecule has 1 aromatic heterocycles. The molecule has 2 rings (SSSR count). The standard InChI is InChI=1S/C13H15NS2/c1-10-4-6-11(7-5-10)16-9-12(14)13-3-2-8-15-13/h2-8,12H,9,14H2,1H3. The molecule has 0 spiro atoms. The Hall–Kier alpha value is -0.770. The average molecular weight is 249 g/mol. The van der Waals surface area contributed by atoms with E-state index in [1.54, 1.807) is 11.3 Å². The van der Waals surface area contributed by atoms with Gasteiger partial charge in [0.1, 0.15) is 0 Å². The van der Waals surface area contributed by atoms with Crippen LogP contribution in [0.1, 0.15) is 16.5 Å². The van der Waals surface area contributed by atoms with E-state index in [0.717, 1.165) is 5.75 Å². The van der Waals surface area contributed by atoms with E-state index in [1.807, 2.05) is 11.8 Å². The van der Waals surface area contributed by atoms with Gasteiger partial charge in [0.15, 0.2) is 0 Å². The highest BCUT2D eigenvalue weighted by molar-refractivity contribution is 7.99. The molecule has 1 aromatic carbocycles. The number of rotatable bonds is 4. The van der Waals surface area contributed by atoms with E-state index in [1.165, 1.54) is 15.3 Å². The highest BCUT2D eigenvalue weighted by atomic mass is 32.2. The monoisotopic (exact) mass is 249 g/mol. The van der Waals surface area contributed by atoms with Crippen molar-refractivity contribution in [2.75, 3.05) is 5.75 Å². The first-order valence-electron chi connectivity index (χ1n) is 5.24. The van der Waals surface area contributed by atoms with Gasteiger partial charge in [-0.05, 0) is 30.5 Å². The maximum absolute atomic E-state index is 6.11. The third-order valence-electron chi connectivity index (χ3n) is 2.36. The highest BCUT2D eigenvalue weighted by Crippen LogP contribution is 2.25.